The molecule has 5 nitrogen and oxygen atoms in total. The van der Waals surface area contributed by atoms with Crippen molar-refractivity contribution in [1.29, 1.82) is 0 Å². The molecule has 116 valence electrons. The molecule has 0 bridgehead atoms. The molecule has 0 heterocycles. The number of carboxylic acids is 1. The van der Waals surface area contributed by atoms with Gasteiger partial charge in [0.15, 0.2) is 0 Å². The van der Waals surface area contributed by atoms with E-state index in [4.69, 9.17) is 9.84 Å². The topological polar surface area (TPSA) is 75.6 Å². The summed E-state index contributed by atoms with van der Waals surface area (Å²) in [6.45, 7) is 8.11. The van der Waals surface area contributed by atoms with Gasteiger partial charge in [0, 0.05) is 12.3 Å². The van der Waals surface area contributed by atoms with Crippen LogP contribution in [-0.4, -0.2) is 29.7 Å². The summed E-state index contributed by atoms with van der Waals surface area (Å²) in [6, 6.07) is 4.81. The molecule has 0 radical (unpaired) electrons. The van der Waals surface area contributed by atoms with E-state index < -0.39 is 12.1 Å². The minimum atomic E-state index is -1.01. The molecule has 1 rings (SSSR count). The van der Waals surface area contributed by atoms with Crippen molar-refractivity contribution < 1.29 is 19.4 Å². The van der Waals surface area contributed by atoms with Crippen LogP contribution in [-0.2, 0) is 9.53 Å². The van der Waals surface area contributed by atoms with Gasteiger partial charge < -0.3 is 15.2 Å². The van der Waals surface area contributed by atoms with Gasteiger partial charge in [0.2, 0.25) is 0 Å². The Hall–Kier alpha value is -1.88. The number of aromatic carboxylic acids is 1. The monoisotopic (exact) mass is 293 g/mol. The van der Waals surface area contributed by atoms with Gasteiger partial charge in [0.1, 0.15) is 6.10 Å². The molecule has 1 aromatic carbocycles. The first kappa shape index (κ1) is 17.2. The van der Waals surface area contributed by atoms with Crippen molar-refractivity contribution in [2.45, 2.75) is 40.2 Å². The van der Waals surface area contributed by atoms with Crippen LogP contribution in [0.2, 0.25) is 0 Å². The first-order valence-electron chi connectivity index (χ1n) is 7.07. The second kappa shape index (κ2) is 7.78. The molecule has 21 heavy (non-hydrogen) atoms. The number of benzene rings is 1. The largest absolute Gasteiger partial charge is 0.478 e. The van der Waals surface area contributed by atoms with Crippen molar-refractivity contribution in [2.24, 2.45) is 5.92 Å². The number of rotatable bonds is 7. The van der Waals surface area contributed by atoms with Crippen LogP contribution in [0, 0.1) is 12.8 Å². The number of aryl methyl sites for hydroxylation is 1. The SMILES string of the molecule is Cc1ccc(NC(=O)C(C)OCCC(C)C)cc1C(=O)O. The average Bonchev–Trinajstić information content (AvgIpc) is 2.40. The molecule has 0 saturated heterocycles. The van der Waals surface area contributed by atoms with Crippen LogP contribution in [0.4, 0.5) is 5.69 Å². The van der Waals surface area contributed by atoms with Crippen LogP contribution < -0.4 is 5.32 Å². The van der Waals surface area contributed by atoms with E-state index in [1.807, 2.05) is 0 Å². The number of carbonyl (C=O) groups excluding carboxylic acids is 1. The lowest BCUT2D eigenvalue weighted by molar-refractivity contribution is -0.126. The first-order valence-corrected chi connectivity index (χ1v) is 7.07. The van der Waals surface area contributed by atoms with Crippen LogP contribution in [0.3, 0.4) is 0 Å². The normalized spacial score (nSPS) is 12.2. The molecular weight excluding hydrogens is 270 g/mol. The number of carboxylic acid groups (broad SMARTS) is 1. The van der Waals surface area contributed by atoms with Gasteiger partial charge in [-0.2, -0.15) is 0 Å². The zero-order valence-electron chi connectivity index (χ0n) is 13.0. The summed E-state index contributed by atoms with van der Waals surface area (Å²) < 4.78 is 5.46. The zero-order chi connectivity index (χ0) is 16.0. The van der Waals surface area contributed by atoms with Gasteiger partial charge in [0.05, 0.1) is 5.56 Å². The first-order chi connectivity index (χ1) is 9.81. The van der Waals surface area contributed by atoms with Gasteiger partial charge in [0.25, 0.3) is 5.91 Å². The van der Waals surface area contributed by atoms with E-state index >= 15 is 0 Å². The summed E-state index contributed by atoms with van der Waals surface area (Å²) in [5.41, 5.74) is 1.30. The van der Waals surface area contributed by atoms with Gasteiger partial charge in [-0.15, -0.1) is 0 Å². The van der Waals surface area contributed by atoms with Gasteiger partial charge >= 0.3 is 5.97 Å². The van der Waals surface area contributed by atoms with Crippen LogP contribution >= 0.6 is 0 Å². The van der Waals surface area contributed by atoms with Crippen LogP contribution in [0.1, 0.15) is 43.1 Å². The summed E-state index contributed by atoms with van der Waals surface area (Å²) in [5.74, 6) is -0.765. The number of hydrogen-bond acceptors (Lipinski definition) is 3. The smallest absolute Gasteiger partial charge is 0.336 e. The lowest BCUT2D eigenvalue weighted by atomic mass is 10.1. The molecule has 0 aliphatic rings. The minimum absolute atomic E-state index is 0.182. The zero-order valence-corrected chi connectivity index (χ0v) is 13.0. The molecule has 0 aliphatic heterocycles. The lowest BCUT2D eigenvalue weighted by Crippen LogP contribution is -2.28. The number of hydrogen-bond donors (Lipinski definition) is 2. The summed E-state index contributed by atoms with van der Waals surface area (Å²) in [7, 11) is 0. The summed E-state index contributed by atoms with van der Waals surface area (Å²) in [4.78, 5) is 23.0. The molecule has 1 amide bonds. The maximum atomic E-state index is 12.0. The van der Waals surface area contributed by atoms with Gasteiger partial charge in [-0.1, -0.05) is 19.9 Å². The van der Waals surface area contributed by atoms with Crippen molar-refractivity contribution in [1.82, 2.24) is 0 Å². The van der Waals surface area contributed by atoms with Crippen LogP contribution in [0.5, 0.6) is 0 Å². The molecule has 0 fully saturated rings. The van der Waals surface area contributed by atoms with Gasteiger partial charge in [-0.25, -0.2) is 4.79 Å². The third kappa shape index (κ3) is 5.55. The second-order valence-corrected chi connectivity index (χ2v) is 5.52. The predicted octanol–water partition coefficient (Wildman–Crippen LogP) is 3.08. The second-order valence-electron chi connectivity index (χ2n) is 5.52. The number of carbonyl (C=O) groups is 2. The molecule has 5 heteroatoms. The van der Waals surface area contributed by atoms with E-state index in [0.29, 0.717) is 23.8 Å². The van der Waals surface area contributed by atoms with E-state index in [-0.39, 0.29) is 11.5 Å². The molecule has 1 aromatic rings. The third-order valence-electron chi connectivity index (χ3n) is 3.17. The fourth-order valence-electron chi connectivity index (χ4n) is 1.73. The van der Waals surface area contributed by atoms with Gasteiger partial charge in [-0.05, 0) is 43.9 Å². The Morgan fingerprint density at radius 2 is 1.95 bits per heavy atom. The van der Waals surface area contributed by atoms with Crippen LogP contribution in [0.25, 0.3) is 0 Å². The minimum Gasteiger partial charge on any atom is -0.478 e. The fourth-order valence-corrected chi connectivity index (χ4v) is 1.73. The van der Waals surface area contributed by atoms with Crippen molar-refractivity contribution >= 4 is 17.6 Å². The highest BCUT2D eigenvalue weighted by Gasteiger charge is 2.15. The van der Waals surface area contributed by atoms with Crippen molar-refractivity contribution in [2.75, 3.05) is 11.9 Å². The number of nitrogens with one attached hydrogen (secondary N) is 1. The van der Waals surface area contributed by atoms with Crippen molar-refractivity contribution in [3.63, 3.8) is 0 Å². The lowest BCUT2D eigenvalue weighted by Gasteiger charge is -2.14. The highest BCUT2D eigenvalue weighted by atomic mass is 16.5. The van der Waals surface area contributed by atoms with E-state index in [2.05, 4.69) is 19.2 Å². The highest BCUT2D eigenvalue weighted by Crippen LogP contribution is 2.16. The molecule has 0 saturated carbocycles. The Bertz CT molecular complexity index is 511. The Morgan fingerprint density at radius 1 is 1.29 bits per heavy atom. The Morgan fingerprint density at radius 3 is 2.52 bits per heavy atom. The van der Waals surface area contributed by atoms with E-state index in [1.165, 1.54) is 6.07 Å². The molecule has 0 aromatic heterocycles. The highest BCUT2D eigenvalue weighted by molar-refractivity contribution is 5.96. The van der Waals surface area contributed by atoms with Crippen LogP contribution in [0.15, 0.2) is 18.2 Å². The molecular formula is C16H23NO4. The molecule has 1 atom stereocenters. The number of amides is 1. The maximum Gasteiger partial charge on any atom is 0.336 e. The van der Waals surface area contributed by atoms with E-state index in [1.54, 1.807) is 26.0 Å². The quantitative estimate of drug-likeness (QED) is 0.810. The summed E-state index contributed by atoms with van der Waals surface area (Å²) >= 11 is 0. The maximum absolute atomic E-state index is 12.0. The van der Waals surface area contributed by atoms with Gasteiger partial charge in [-0.3, -0.25) is 4.79 Å². The summed E-state index contributed by atoms with van der Waals surface area (Å²) in [5, 5.41) is 11.7. The average molecular weight is 293 g/mol. The Balaban J connectivity index is 2.62. The molecule has 2 N–H and O–H groups in total. The molecule has 1 unspecified atom stereocenters. The summed E-state index contributed by atoms with van der Waals surface area (Å²) in [6.07, 6.45) is 0.323. The Labute approximate surface area is 125 Å². The van der Waals surface area contributed by atoms with Crippen molar-refractivity contribution in [3.8, 4) is 0 Å². The number of anilines is 1. The van der Waals surface area contributed by atoms with E-state index in [9.17, 15) is 9.59 Å². The van der Waals surface area contributed by atoms with Crippen molar-refractivity contribution in [3.05, 3.63) is 29.3 Å². The Kier molecular flexibility index (Phi) is 6.37. The standard InChI is InChI=1S/C16H23NO4/c1-10(2)7-8-21-12(4)15(18)17-13-6-5-11(3)14(9-13)16(19)20/h5-6,9-10,12H,7-8H2,1-4H3,(H,17,18)(H,19,20). The molecule has 0 spiro atoms. The third-order valence-corrected chi connectivity index (χ3v) is 3.17. The van der Waals surface area contributed by atoms with E-state index in [0.717, 1.165) is 6.42 Å². The predicted molar refractivity (Wildman–Crippen MR) is 81.6 cm³/mol. The fraction of sp³-hybridized carbons (Fsp3) is 0.500. The molecule has 0 aliphatic carbocycles. The number of ether oxygens (including phenoxy) is 1.